The van der Waals surface area contributed by atoms with Crippen LogP contribution in [0.4, 0.5) is 0 Å². The SMILES string of the molecule is CCCn1cc[n+](Cc2c(Cl)cccc2Cl)c1C(C)C. The van der Waals surface area contributed by atoms with E-state index in [0.29, 0.717) is 12.5 Å². The van der Waals surface area contributed by atoms with Crippen LogP contribution in [0.2, 0.25) is 10.0 Å². The molecule has 2 nitrogen and oxygen atoms in total. The van der Waals surface area contributed by atoms with E-state index in [1.54, 1.807) is 0 Å². The quantitative estimate of drug-likeness (QED) is 0.710. The Morgan fingerprint density at radius 2 is 1.85 bits per heavy atom. The first-order valence-corrected chi connectivity index (χ1v) is 7.81. The molecule has 108 valence electrons. The van der Waals surface area contributed by atoms with Gasteiger partial charge in [0.2, 0.25) is 0 Å². The minimum Gasteiger partial charge on any atom is -0.234 e. The molecular formula is C16H21Cl2N2+. The molecule has 2 aromatic rings. The van der Waals surface area contributed by atoms with E-state index in [9.17, 15) is 0 Å². The number of hydrogen-bond acceptors (Lipinski definition) is 0. The highest BCUT2D eigenvalue weighted by Crippen LogP contribution is 2.24. The highest BCUT2D eigenvalue weighted by Gasteiger charge is 2.21. The summed E-state index contributed by atoms with van der Waals surface area (Å²) in [5, 5.41) is 1.45. The van der Waals surface area contributed by atoms with E-state index >= 15 is 0 Å². The largest absolute Gasteiger partial charge is 0.259 e. The second-order valence-corrected chi connectivity index (χ2v) is 6.15. The van der Waals surface area contributed by atoms with Gasteiger partial charge >= 0.3 is 0 Å². The average molecular weight is 312 g/mol. The number of nitrogens with zero attached hydrogens (tertiary/aromatic N) is 2. The van der Waals surface area contributed by atoms with Crippen LogP contribution in [-0.4, -0.2) is 4.57 Å². The van der Waals surface area contributed by atoms with Gasteiger partial charge in [-0.15, -0.1) is 0 Å². The standard InChI is InChI=1S/C16H21Cl2N2/c1-4-8-19-9-10-20(16(19)12(2)3)11-13-14(17)6-5-7-15(13)18/h5-7,9-10,12H,4,8,11H2,1-3H3/q+1. The van der Waals surface area contributed by atoms with Crippen molar-refractivity contribution in [2.45, 2.75) is 46.2 Å². The minimum atomic E-state index is 0.456. The third-order valence-electron chi connectivity index (χ3n) is 3.39. The molecule has 0 saturated heterocycles. The fourth-order valence-corrected chi connectivity index (χ4v) is 3.08. The fraction of sp³-hybridized carbons (Fsp3) is 0.438. The Bertz CT molecular complexity index is 568. The first-order valence-electron chi connectivity index (χ1n) is 7.06. The zero-order chi connectivity index (χ0) is 14.7. The van der Waals surface area contributed by atoms with E-state index in [1.807, 2.05) is 18.2 Å². The topological polar surface area (TPSA) is 8.81 Å². The molecule has 0 unspecified atom stereocenters. The van der Waals surface area contributed by atoms with Crippen LogP contribution in [0.1, 0.15) is 44.5 Å². The van der Waals surface area contributed by atoms with Crippen LogP contribution in [0.25, 0.3) is 0 Å². The summed E-state index contributed by atoms with van der Waals surface area (Å²) >= 11 is 12.5. The van der Waals surface area contributed by atoms with Crippen molar-refractivity contribution in [1.82, 2.24) is 4.57 Å². The number of imidazole rings is 1. The van der Waals surface area contributed by atoms with Gasteiger partial charge in [-0.2, -0.15) is 0 Å². The van der Waals surface area contributed by atoms with Gasteiger partial charge in [0.05, 0.1) is 12.5 Å². The van der Waals surface area contributed by atoms with E-state index in [2.05, 4.69) is 42.3 Å². The van der Waals surface area contributed by atoms with Crippen LogP contribution < -0.4 is 4.57 Å². The molecule has 1 aromatic heterocycles. The van der Waals surface area contributed by atoms with Gasteiger partial charge in [0.25, 0.3) is 5.82 Å². The van der Waals surface area contributed by atoms with Crippen LogP contribution >= 0.6 is 23.2 Å². The summed E-state index contributed by atoms with van der Waals surface area (Å²) in [5.41, 5.74) is 0.983. The second kappa shape index (κ2) is 6.64. The zero-order valence-corrected chi connectivity index (χ0v) is 13.7. The molecule has 2 rings (SSSR count). The van der Waals surface area contributed by atoms with E-state index in [0.717, 1.165) is 28.6 Å². The highest BCUT2D eigenvalue weighted by molar-refractivity contribution is 6.35. The van der Waals surface area contributed by atoms with E-state index in [1.165, 1.54) is 5.82 Å². The van der Waals surface area contributed by atoms with Gasteiger partial charge in [0.15, 0.2) is 0 Å². The highest BCUT2D eigenvalue weighted by atomic mass is 35.5. The predicted octanol–water partition coefficient (Wildman–Crippen LogP) is 4.66. The van der Waals surface area contributed by atoms with Crippen molar-refractivity contribution >= 4 is 23.2 Å². The lowest BCUT2D eigenvalue weighted by molar-refractivity contribution is -0.696. The Balaban J connectivity index is 2.39. The van der Waals surface area contributed by atoms with Crippen molar-refractivity contribution < 1.29 is 4.57 Å². The number of aromatic nitrogens is 2. The zero-order valence-electron chi connectivity index (χ0n) is 12.2. The van der Waals surface area contributed by atoms with Gasteiger partial charge in [-0.1, -0.05) is 50.0 Å². The third kappa shape index (κ3) is 3.18. The third-order valence-corrected chi connectivity index (χ3v) is 4.09. The Kier molecular flexibility index (Phi) is 5.11. The van der Waals surface area contributed by atoms with Crippen molar-refractivity contribution in [3.8, 4) is 0 Å². The van der Waals surface area contributed by atoms with E-state index in [4.69, 9.17) is 23.2 Å². The Morgan fingerprint density at radius 1 is 1.20 bits per heavy atom. The van der Waals surface area contributed by atoms with Crippen LogP contribution in [0.15, 0.2) is 30.6 Å². The summed E-state index contributed by atoms with van der Waals surface area (Å²) in [6.07, 6.45) is 5.38. The maximum Gasteiger partial charge on any atom is 0.259 e. The summed E-state index contributed by atoms with van der Waals surface area (Å²) in [5.74, 6) is 1.76. The summed E-state index contributed by atoms with van der Waals surface area (Å²) in [7, 11) is 0. The monoisotopic (exact) mass is 311 g/mol. The van der Waals surface area contributed by atoms with Crippen molar-refractivity contribution in [1.29, 1.82) is 0 Å². The lowest BCUT2D eigenvalue weighted by atomic mass is 10.1. The number of benzene rings is 1. The summed E-state index contributed by atoms with van der Waals surface area (Å²) in [6, 6.07) is 5.66. The molecule has 0 fully saturated rings. The molecule has 0 N–H and O–H groups in total. The maximum atomic E-state index is 6.27. The smallest absolute Gasteiger partial charge is 0.234 e. The molecule has 0 saturated carbocycles. The van der Waals surface area contributed by atoms with Gasteiger partial charge in [-0.25, -0.2) is 9.13 Å². The van der Waals surface area contributed by atoms with Crippen LogP contribution in [0.3, 0.4) is 0 Å². The van der Waals surface area contributed by atoms with Crippen molar-refractivity contribution in [2.24, 2.45) is 0 Å². The maximum absolute atomic E-state index is 6.27. The molecule has 0 amide bonds. The predicted molar refractivity (Wildman–Crippen MR) is 84.6 cm³/mol. The van der Waals surface area contributed by atoms with Crippen LogP contribution in [0.5, 0.6) is 0 Å². The Labute approximate surface area is 130 Å². The summed E-state index contributed by atoms with van der Waals surface area (Å²) < 4.78 is 4.56. The van der Waals surface area contributed by atoms with Gasteiger partial charge in [0.1, 0.15) is 18.9 Å². The van der Waals surface area contributed by atoms with Gasteiger partial charge in [-0.3, -0.25) is 0 Å². The normalized spacial score (nSPS) is 11.3. The van der Waals surface area contributed by atoms with E-state index < -0.39 is 0 Å². The summed E-state index contributed by atoms with van der Waals surface area (Å²) in [6.45, 7) is 8.37. The lowest BCUT2D eigenvalue weighted by Gasteiger charge is -2.09. The molecule has 1 heterocycles. The molecule has 0 radical (unpaired) electrons. The lowest BCUT2D eigenvalue weighted by Crippen LogP contribution is -2.38. The molecule has 20 heavy (non-hydrogen) atoms. The van der Waals surface area contributed by atoms with Crippen molar-refractivity contribution in [2.75, 3.05) is 0 Å². The van der Waals surface area contributed by atoms with Crippen molar-refractivity contribution in [3.05, 3.63) is 52.0 Å². The van der Waals surface area contributed by atoms with E-state index in [-0.39, 0.29) is 0 Å². The van der Waals surface area contributed by atoms with Crippen LogP contribution in [-0.2, 0) is 13.1 Å². The first kappa shape index (κ1) is 15.4. The van der Waals surface area contributed by atoms with Crippen LogP contribution in [0, 0.1) is 0 Å². The number of halogens is 2. The Morgan fingerprint density at radius 3 is 2.40 bits per heavy atom. The summed E-state index contributed by atoms with van der Waals surface area (Å²) in [4.78, 5) is 0. The van der Waals surface area contributed by atoms with Gasteiger partial charge < -0.3 is 0 Å². The molecule has 0 spiro atoms. The average Bonchev–Trinajstić information content (AvgIpc) is 2.77. The molecule has 0 bridgehead atoms. The molecule has 1 aromatic carbocycles. The fourth-order valence-electron chi connectivity index (χ4n) is 2.56. The van der Waals surface area contributed by atoms with Crippen molar-refractivity contribution in [3.63, 3.8) is 0 Å². The van der Waals surface area contributed by atoms with Gasteiger partial charge in [0, 0.05) is 15.6 Å². The molecule has 4 heteroatoms. The molecule has 0 aliphatic rings. The molecular weight excluding hydrogens is 291 g/mol. The molecule has 0 atom stereocenters. The minimum absolute atomic E-state index is 0.456. The molecule has 0 aliphatic carbocycles. The number of aryl methyl sites for hydroxylation is 1. The molecule has 0 aliphatic heterocycles. The number of rotatable bonds is 5. The second-order valence-electron chi connectivity index (χ2n) is 5.33. The number of hydrogen-bond donors (Lipinski definition) is 0. The Hall–Kier alpha value is -0.990. The first-order chi connectivity index (χ1) is 9.54. The van der Waals surface area contributed by atoms with Gasteiger partial charge in [-0.05, 0) is 18.6 Å².